The summed E-state index contributed by atoms with van der Waals surface area (Å²) in [5, 5.41) is 2.76. The Hall–Kier alpha value is -5.79. The van der Waals surface area contributed by atoms with Gasteiger partial charge in [-0.15, -0.1) is 0 Å². The summed E-state index contributed by atoms with van der Waals surface area (Å²) in [6, 6.07) is 14.9. The van der Waals surface area contributed by atoms with Gasteiger partial charge in [-0.05, 0) is 64.8 Å². The van der Waals surface area contributed by atoms with Crippen LogP contribution in [0.25, 0.3) is 28.0 Å². The molecule has 0 atom stereocenters. The Morgan fingerprint density at radius 3 is 2.40 bits per heavy atom. The summed E-state index contributed by atoms with van der Waals surface area (Å²) >= 11 is 0. The van der Waals surface area contributed by atoms with Gasteiger partial charge in [-0.1, -0.05) is 36.4 Å². The van der Waals surface area contributed by atoms with Gasteiger partial charge >= 0.3 is 18.7 Å². The fourth-order valence-corrected chi connectivity index (χ4v) is 5.61. The number of aryl methyl sites for hydroxylation is 2. The molecule has 1 amide bonds. The number of nitrogens with two attached hydrogens (primary N) is 1. The van der Waals surface area contributed by atoms with Gasteiger partial charge in [0.15, 0.2) is 5.65 Å². The summed E-state index contributed by atoms with van der Waals surface area (Å²) in [7, 11) is 1.21. The van der Waals surface area contributed by atoms with E-state index in [0.717, 1.165) is 16.7 Å². The van der Waals surface area contributed by atoms with Crippen LogP contribution in [0.1, 0.15) is 59.2 Å². The average Bonchev–Trinajstić information content (AvgIpc) is 3.33. The highest BCUT2D eigenvalue weighted by atomic mass is 19.3. The number of hydrogen-bond acceptors (Lipinski definition) is 10. The van der Waals surface area contributed by atoms with Gasteiger partial charge in [0.05, 0.1) is 30.4 Å². The Kier molecular flexibility index (Phi) is 10.2. The van der Waals surface area contributed by atoms with Crippen LogP contribution >= 0.6 is 0 Å². The number of nitrogen functional groups attached to an aromatic ring is 1. The lowest BCUT2D eigenvalue weighted by Crippen LogP contribution is -2.32. The molecule has 0 radical (unpaired) electrons. The van der Waals surface area contributed by atoms with Crippen LogP contribution in [0.5, 0.6) is 11.6 Å². The highest BCUT2D eigenvalue weighted by molar-refractivity contribution is 6.13. The van der Waals surface area contributed by atoms with Crippen molar-refractivity contribution in [1.29, 1.82) is 0 Å². The van der Waals surface area contributed by atoms with Crippen molar-refractivity contribution in [2.75, 3.05) is 12.8 Å². The average molecular weight is 689 g/mol. The number of rotatable bonds is 10. The fraction of sp³-hybridized carbons (Fsp3) is 0.306. The molecule has 50 heavy (non-hydrogen) atoms. The Morgan fingerprint density at radius 2 is 1.74 bits per heavy atom. The number of alkyl halides is 2. The molecular formula is C36H38F2N6O6. The summed E-state index contributed by atoms with van der Waals surface area (Å²) < 4.78 is 50.3. The zero-order valence-electron chi connectivity index (χ0n) is 28.8. The van der Waals surface area contributed by atoms with E-state index in [9.17, 15) is 18.4 Å². The lowest BCUT2D eigenvalue weighted by molar-refractivity contribution is -0.0534. The third kappa shape index (κ3) is 7.43. The van der Waals surface area contributed by atoms with Crippen molar-refractivity contribution >= 4 is 28.9 Å². The van der Waals surface area contributed by atoms with Gasteiger partial charge < -0.3 is 30.0 Å². The number of anilines is 1. The van der Waals surface area contributed by atoms with Crippen molar-refractivity contribution in [1.82, 2.24) is 24.8 Å². The number of carbonyl (C=O) groups excluding carboxylic acids is 2. The molecule has 3 N–H and O–H groups in total. The summed E-state index contributed by atoms with van der Waals surface area (Å²) in [6.07, 6.45) is 0.457. The first kappa shape index (κ1) is 35.5. The van der Waals surface area contributed by atoms with Crippen LogP contribution in [0.15, 0.2) is 54.7 Å². The van der Waals surface area contributed by atoms with Crippen molar-refractivity contribution in [3.8, 4) is 28.6 Å². The molecule has 5 aromatic rings. The van der Waals surface area contributed by atoms with Crippen molar-refractivity contribution in [3.63, 3.8) is 0 Å². The van der Waals surface area contributed by atoms with Crippen molar-refractivity contribution < 1.29 is 37.3 Å². The number of halogens is 2. The summed E-state index contributed by atoms with van der Waals surface area (Å²) in [5.41, 5.74) is 9.70. The summed E-state index contributed by atoms with van der Waals surface area (Å²) in [4.78, 5) is 39.5. The van der Waals surface area contributed by atoms with E-state index in [1.54, 1.807) is 32.3 Å². The first-order valence-corrected chi connectivity index (χ1v) is 15.6. The SMILES string of the molecule is COC(=O)c1c(N)n(-c2c(C)ccc(OCc3ccccc3)c2C)c2nc(C)nc(-c3ccnc(OC(F)F)c3CNC(=O)OC(C)(C)C)c12. The minimum absolute atomic E-state index is 0.00551. The summed E-state index contributed by atoms with van der Waals surface area (Å²) in [6.45, 7) is 7.21. The second-order valence-electron chi connectivity index (χ2n) is 12.4. The van der Waals surface area contributed by atoms with E-state index >= 15 is 0 Å². The molecule has 0 unspecified atom stereocenters. The van der Waals surface area contributed by atoms with Gasteiger partial charge in [-0.25, -0.2) is 24.5 Å². The number of pyridine rings is 1. The minimum Gasteiger partial charge on any atom is -0.489 e. The first-order valence-electron chi connectivity index (χ1n) is 15.6. The highest BCUT2D eigenvalue weighted by Gasteiger charge is 2.31. The number of carbonyl (C=O) groups is 2. The monoisotopic (exact) mass is 688 g/mol. The highest BCUT2D eigenvalue weighted by Crippen LogP contribution is 2.41. The second-order valence-corrected chi connectivity index (χ2v) is 12.4. The largest absolute Gasteiger partial charge is 0.489 e. The number of esters is 1. The molecule has 0 saturated carbocycles. The number of hydrogen-bond donors (Lipinski definition) is 2. The Balaban J connectivity index is 1.75. The maximum Gasteiger partial charge on any atom is 0.407 e. The predicted octanol–water partition coefficient (Wildman–Crippen LogP) is 6.98. The van der Waals surface area contributed by atoms with Crippen LogP contribution in [0.4, 0.5) is 19.4 Å². The number of amides is 1. The smallest absolute Gasteiger partial charge is 0.407 e. The van der Waals surface area contributed by atoms with Gasteiger partial charge in [-0.2, -0.15) is 8.78 Å². The molecule has 12 nitrogen and oxygen atoms in total. The number of alkyl carbamates (subject to hydrolysis) is 1. The predicted molar refractivity (Wildman–Crippen MR) is 183 cm³/mol. The first-order chi connectivity index (χ1) is 23.7. The van der Waals surface area contributed by atoms with Crippen molar-refractivity contribution in [3.05, 3.63) is 88.4 Å². The molecule has 14 heteroatoms. The van der Waals surface area contributed by atoms with E-state index in [2.05, 4.69) is 15.3 Å². The molecule has 0 saturated heterocycles. The Bertz CT molecular complexity index is 2060. The molecule has 0 aliphatic rings. The lowest BCUT2D eigenvalue weighted by atomic mass is 10.0. The van der Waals surface area contributed by atoms with Gasteiger partial charge in [0.1, 0.15) is 35.2 Å². The molecule has 0 spiro atoms. The van der Waals surface area contributed by atoms with Crippen LogP contribution in [0.3, 0.4) is 0 Å². The van der Waals surface area contributed by atoms with Gasteiger partial charge in [0.25, 0.3) is 0 Å². The number of nitrogens with one attached hydrogen (secondary N) is 1. The van der Waals surface area contributed by atoms with Crippen molar-refractivity contribution in [2.45, 2.75) is 66.9 Å². The zero-order valence-corrected chi connectivity index (χ0v) is 28.8. The third-order valence-corrected chi connectivity index (χ3v) is 7.67. The molecule has 0 bridgehead atoms. The van der Waals surface area contributed by atoms with E-state index in [4.69, 9.17) is 29.7 Å². The maximum absolute atomic E-state index is 13.6. The van der Waals surface area contributed by atoms with Gasteiger partial charge in [0.2, 0.25) is 5.88 Å². The lowest BCUT2D eigenvalue weighted by Gasteiger charge is -2.20. The molecule has 3 aromatic heterocycles. The molecule has 262 valence electrons. The minimum atomic E-state index is -3.23. The van der Waals surface area contributed by atoms with Gasteiger partial charge in [0, 0.05) is 22.9 Å². The van der Waals surface area contributed by atoms with Crippen LogP contribution in [-0.2, 0) is 22.6 Å². The molecule has 2 aromatic carbocycles. The van der Waals surface area contributed by atoms with Crippen molar-refractivity contribution in [2.24, 2.45) is 0 Å². The maximum atomic E-state index is 13.6. The third-order valence-electron chi connectivity index (χ3n) is 7.67. The summed E-state index contributed by atoms with van der Waals surface area (Å²) in [5.74, 6) is -0.377. The normalized spacial score (nSPS) is 11.5. The number of benzene rings is 2. The second kappa shape index (κ2) is 14.4. The molecule has 3 heterocycles. The Labute approximate surface area is 287 Å². The molecule has 0 aliphatic carbocycles. The van der Waals surface area contributed by atoms with E-state index < -0.39 is 30.2 Å². The number of methoxy groups -OCH3 is 1. The molecule has 0 fully saturated rings. The Morgan fingerprint density at radius 1 is 1.02 bits per heavy atom. The van der Waals surface area contributed by atoms with Crippen LogP contribution in [0, 0.1) is 20.8 Å². The van der Waals surface area contributed by atoms with Crippen LogP contribution in [0.2, 0.25) is 0 Å². The standard InChI is InChI=1S/C36H38F2N6O6/c1-19-13-14-25(48-18-22-11-9-8-10-12-22)20(2)29(19)44-30(39)27(33(45)47-7)26-28(42-21(3)43-31(26)44)23-15-16-40-32(49-34(37)38)24(23)17-41-35(46)50-36(4,5)6/h8-16,34H,17-18,39H2,1-7H3,(H,41,46). The van der Waals surface area contributed by atoms with Crippen LogP contribution in [-0.4, -0.2) is 50.9 Å². The van der Waals surface area contributed by atoms with Crippen LogP contribution < -0.4 is 20.5 Å². The van der Waals surface area contributed by atoms with E-state index in [0.29, 0.717) is 18.0 Å². The number of ether oxygens (including phenoxy) is 4. The zero-order chi connectivity index (χ0) is 36.3. The molecule has 0 aliphatic heterocycles. The number of nitrogens with zero attached hydrogens (tertiary/aromatic N) is 4. The number of aromatic nitrogens is 4. The van der Waals surface area contributed by atoms with E-state index in [1.807, 2.05) is 56.3 Å². The van der Waals surface area contributed by atoms with E-state index in [-0.39, 0.29) is 51.6 Å². The molecule has 5 rings (SSSR count). The van der Waals surface area contributed by atoms with Gasteiger partial charge in [-0.3, -0.25) is 4.57 Å². The molecular weight excluding hydrogens is 650 g/mol. The number of fused-ring (bicyclic) bond motifs is 1. The van der Waals surface area contributed by atoms with E-state index in [1.165, 1.54) is 19.4 Å². The quantitative estimate of drug-likeness (QED) is 0.147. The topological polar surface area (TPSA) is 153 Å². The fourth-order valence-electron chi connectivity index (χ4n) is 5.61.